The van der Waals surface area contributed by atoms with E-state index in [1.165, 1.54) is 18.1 Å². The Kier molecular flexibility index (Phi) is 1.85. The van der Waals surface area contributed by atoms with Crippen LogP contribution in [-0.2, 0) is 26.3 Å². The number of carbonyl (C=O) groups is 1. The van der Waals surface area contributed by atoms with Gasteiger partial charge in [0.05, 0.1) is 0 Å². The fourth-order valence-corrected chi connectivity index (χ4v) is 4.06. The molecular formula is C15H16O3. The summed E-state index contributed by atoms with van der Waals surface area (Å²) >= 11 is 0. The highest BCUT2D eigenvalue weighted by molar-refractivity contribution is 5.67. The number of fused-ring (bicyclic) bond motifs is 1. The molecule has 1 heterocycles. The van der Waals surface area contributed by atoms with E-state index in [2.05, 4.69) is 24.3 Å². The monoisotopic (exact) mass is 244 g/mol. The molecule has 3 atom stereocenters. The third-order valence-electron chi connectivity index (χ3n) is 4.78. The van der Waals surface area contributed by atoms with E-state index >= 15 is 0 Å². The molecule has 3 nitrogen and oxygen atoms in total. The largest absolute Gasteiger partial charge is 0.459 e. The summed E-state index contributed by atoms with van der Waals surface area (Å²) in [7, 11) is 0. The van der Waals surface area contributed by atoms with Crippen LogP contribution in [0, 0.1) is 0 Å². The SMILES string of the molecule is CC(=O)O[C@@H]1CC[C@@]23CCc4ccccc4[C@@]12O3. The average Bonchev–Trinajstić information content (AvgIpc) is 2.97. The summed E-state index contributed by atoms with van der Waals surface area (Å²) < 4.78 is 11.7. The molecule has 2 aliphatic carbocycles. The molecule has 4 rings (SSSR count). The Morgan fingerprint density at radius 2 is 2.22 bits per heavy atom. The number of esters is 1. The second-order valence-electron chi connectivity index (χ2n) is 5.63. The molecule has 2 fully saturated rings. The lowest BCUT2D eigenvalue weighted by Crippen LogP contribution is -2.35. The van der Waals surface area contributed by atoms with Gasteiger partial charge in [0.25, 0.3) is 0 Å². The van der Waals surface area contributed by atoms with Crippen molar-refractivity contribution in [2.75, 3.05) is 0 Å². The highest BCUT2D eigenvalue weighted by Crippen LogP contribution is 2.70. The van der Waals surface area contributed by atoms with Crippen LogP contribution in [0.4, 0.5) is 0 Å². The first-order valence-electron chi connectivity index (χ1n) is 6.64. The van der Waals surface area contributed by atoms with Gasteiger partial charge in [-0.3, -0.25) is 4.79 Å². The van der Waals surface area contributed by atoms with Gasteiger partial charge >= 0.3 is 5.97 Å². The summed E-state index contributed by atoms with van der Waals surface area (Å²) in [4.78, 5) is 11.3. The maximum absolute atomic E-state index is 11.3. The molecule has 1 aromatic rings. The number of hydrogen-bond acceptors (Lipinski definition) is 3. The van der Waals surface area contributed by atoms with Gasteiger partial charge in [0.15, 0.2) is 5.60 Å². The Bertz CT molecular complexity index is 538. The lowest BCUT2D eigenvalue weighted by atomic mass is 9.76. The Balaban J connectivity index is 1.82. The minimum Gasteiger partial charge on any atom is -0.459 e. The lowest BCUT2D eigenvalue weighted by Gasteiger charge is -2.26. The molecule has 1 saturated carbocycles. The van der Waals surface area contributed by atoms with E-state index in [1.54, 1.807) is 0 Å². The van der Waals surface area contributed by atoms with Gasteiger partial charge in [0, 0.05) is 6.92 Å². The highest BCUT2D eigenvalue weighted by Gasteiger charge is 2.79. The van der Waals surface area contributed by atoms with Crippen LogP contribution in [-0.4, -0.2) is 17.7 Å². The zero-order valence-corrected chi connectivity index (χ0v) is 10.4. The Labute approximate surface area is 106 Å². The van der Waals surface area contributed by atoms with Crippen molar-refractivity contribution in [3.8, 4) is 0 Å². The number of ether oxygens (including phenoxy) is 2. The van der Waals surface area contributed by atoms with E-state index in [0.29, 0.717) is 0 Å². The van der Waals surface area contributed by atoms with Crippen molar-refractivity contribution in [2.24, 2.45) is 0 Å². The lowest BCUT2D eigenvalue weighted by molar-refractivity contribution is -0.150. The summed E-state index contributed by atoms with van der Waals surface area (Å²) in [5, 5.41) is 0. The van der Waals surface area contributed by atoms with Crippen molar-refractivity contribution < 1.29 is 14.3 Å². The number of carbonyl (C=O) groups excluding carboxylic acids is 1. The summed E-state index contributed by atoms with van der Waals surface area (Å²) in [5.41, 5.74) is 2.24. The summed E-state index contributed by atoms with van der Waals surface area (Å²) in [6.45, 7) is 1.48. The molecule has 0 N–H and O–H groups in total. The fourth-order valence-electron chi connectivity index (χ4n) is 4.06. The molecule has 0 amide bonds. The van der Waals surface area contributed by atoms with Gasteiger partial charge in [-0.05, 0) is 36.8 Å². The summed E-state index contributed by atoms with van der Waals surface area (Å²) in [5.74, 6) is -0.205. The van der Waals surface area contributed by atoms with Crippen molar-refractivity contribution in [3.63, 3.8) is 0 Å². The molecule has 1 aromatic carbocycles. The van der Waals surface area contributed by atoms with E-state index in [1.807, 2.05) is 0 Å². The summed E-state index contributed by atoms with van der Waals surface area (Å²) in [6.07, 6.45) is 3.97. The first kappa shape index (κ1) is 10.6. The molecule has 3 aliphatic rings. The Morgan fingerprint density at radius 3 is 3.06 bits per heavy atom. The van der Waals surface area contributed by atoms with Gasteiger partial charge in [0.2, 0.25) is 0 Å². The van der Waals surface area contributed by atoms with Crippen LogP contribution in [0.3, 0.4) is 0 Å². The van der Waals surface area contributed by atoms with Crippen LogP contribution < -0.4 is 0 Å². The highest BCUT2D eigenvalue weighted by atomic mass is 16.7. The number of rotatable bonds is 1. The molecule has 94 valence electrons. The van der Waals surface area contributed by atoms with Crippen LogP contribution in [0.2, 0.25) is 0 Å². The van der Waals surface area contributed by atoms with Crippen molar-refractivity contribution in [2.45, 2.75) is 49.9 Å². The standard InChI is InChI=1S/C15H16O3/c1-10(16)17-13-7-9-14-8-6-11-4-2-3-5-12(11)15(13,14)18-14/h2-5,13H,6-9H2,1H3/t13-,14+,15-/m1/s1. The van der Waals surface area contributed by atoms with Gasteiger partial charge in [0.1, 0.15) is 11.7 Å². The second-order valence-corrected chi connectivity index (χ2v) is 5.63. The maximum atomic E-state index is 11.3. The van der Waals surface area contributed by atoms with Crippen LogP contribution in [0.1, 0.15) is 37.3 Å². The molecule has 1 aliphatic heterocycles. The van der Waals surface area contributed by atoms with Gasteiger partial charge < -0.3 is 9.47 Å². The number of benzene rings is 1. The number of aryl methyl sites for hydroxylation is 1. The van der Waals surface area contributed by atoms with Crippen LogP contribution in [0.5, 0.6) is 0 Å². The molecule has 0 unspecified atom stereocenters. The Morgan fingerprint density at radius 1 is 1.39 bits per heavy atom. The minimum absolute atomic E-state index is 0.0402. The number of epoxide rings is 1. The van der Waals surface area contributed by atoms with Crippen molar-refractivity contribution in [3.05, 3.63) is 35.4 Å². The molecule has 3 heteroatoms. The van der Waals surface area contributed by atoms with Gasteiger partial charge in [-0.25, -0.2) is 0 Å². The zero-order chi connectivity index (χ0) is 12.4. The third kappa shape index (κ3) is 1.06. The van der Waals surface area contributed by atoms with Crippen LogP contribution in [0.15, 0.2) is 24.3 Å². The maximum Gasteiger partial charge on any atom is 0.303 e. The molecular weight excluding hydrogens is 228 g/mol. The molecule has 0 radical (unpaired) electrons. The van der Waals surface area contributed by atoms with E-state index in [0.717, 1.165) is 25.7 Å². The van der Waals surface area contributed by atoms with Gasteiger partial charge in [-0.1, -0.05) is 24.3 Å². The summed E-state index contributed by atoms with van der Waals surface area (Å²) in [6, 6.07) is 8.42. The predicted octanol–water partition coefficient (Wildman–Crippen LogP) is 2.32. The van der Waals surface area contributed by atoms with E-state index in [9.17, 15) is 4.79 Å². The van der Waals surface area contributed by atoms with Crippen LogP contribution >= 0.6 is 0 Å². The smallest absolute Gasteiger partial charge is 0.303 e. The van der Waals surface area contributed by atoms with Crippen LogP contribution in [0.25, 0.3) is 0 Å². The minimum atomic E-state index is -0.326. The second kappa shape index (κ2) is 3.15. The van der Waals surface area contributed by atoms with E-state index in [4.69, 9.17) is 9.47 Å². The Hall–Kier alpha value is -1.35. The normalized spacial score (nSPS) is 39.5. The van der Waals surface area contributed by atoms with E-state index in [-0.39, 0.29) is 23.3 Å². The molecule has 18 heavy (non-hydrogen) atoms. The first-order valence-corrected chi connectivity index (χ1v) is 6.64. The van der Waals surface area contributed by atoms with Crippen molar-refractivity contribution >= 4 is 5.97 Å². The topological polar surface area (TPSA) is 38.8 Å². The van der Waals surface area contributed by atoms with E-state index < -0.39 is 0 Å². The zero-order valence-electron chi connectivity index (χ0n) is 10.4. The molecule has 1 saturated heterocycles. The average molecular weight is 244 g/mol. The third-order valence-corrected chi connectivity index (χ3v) is 4.78. The van der Waals surface area contributed by atoms with Gasteiger partial charge in [-0.2, -0.15) is 0 Å². The fraction of sp³-hybridized carbons (Fsp3) is 0.533. The predicted molar refractivity (Wildman–Crippen MR) is 65.0 cm³/mol. The van der Waals surface area contributed by atoms with Gasteiger partial charge in [-0.15, -0.1) is 0 Å². The molecule has 0 spiro atoms. The van der Waals surface area contributed by atoms with Crippen molar-refractivity contribution in [1.29, 1.82) is 0 Å². The quantitative estimate of drug-likeness (QED) is 0.562. The first-order chi connectivity index (χ1) is 8.68. The van der Waals surface area contributed by atoms with Crippen molar-refractivity contribution in [1.82, 2.24) is 0 Å². The molecule has 0 aromatic heterocycles. The molecule has 0 bridgehead atoms. The number of hydrogen-bond donors (Lipinski definition) is 0.